The van der Waals surface area contributed by atoms with Gasteiger partial charge in [-0.2, -0.15) is 0 Å². The first kappa shape index (κ1) is 34.8. The molecule has 48 heavy (non-hydrogen) atoms. The Balaban J connectivity index is 1.09. The monoisotopic (exact) mass is 661 g/mol. The SMILES string of the molecule is C=CC(=C)N(CC=Cc1ccc(N2CC(F)(N3CCC(C(CN4CCC4)(c4cccc(F)c4)C4CCCC4)CC3)C2)c(F)c1)CCNC. The number of hydrogen-bond acceptors (Lipinski definition) is 5. The molecule has 3 aliphatic heterocycles. The normalized spacial score (nSPS) is 22.0. The van der Waals surface area contributed by atoms with Gasteiger partial charge in [0.2, 0.25) is 0 Å². The minimum Gasteiger partial charge on any atom is -0.367 e. The maximum absolute atomic E-state index is 16.4. The van der Waals surface area contributed by atoms with Gasteiger partial charge < -0.3 is 20.0 Å². The molecule has 260 valence electrons. The third-order valence-electron chi connectivity index (χ3n) is 11.8. The Morgan fingerprint density at radius 3 is 2.35 bits per heavy atom. The maximum Gasteiger partial charge on any atom is 0.199 e. The number of piperidine rings is 1. The number of anilines is 1. The Kier molecular flexibility index (Phi) is 11.0. The Labute approximate surface area is 286 Å². The number of rotatable bonds is 15. The molecule has 6 rings (SSSR count). The Morgan fingerprint density at radius 1 is 1.00 bits per heavy atom. The minimum absolute atomic E-state index is 0.107. The van der Waals surface area contributed by atoms with Crippen molar-refractivity contribution in [3.05, 3.63) is 96.2 Å². The fourth-order valence-corrected chi connectivity index (χ4v) is 8.91. The van der Waals surface area contributed by atoms with E-state index in [1.165, 1.54) is 38.2 Å². The van der Waals surface area contributed by atoms with Crippen molar-refractivity contribution in [1.29, 1.82) is 0 Å². The lowest BCUT2D eigenvalue weighted by molar-refractivity contribution is -0.0845. The lowest BCUT2D eigenvalue weighted by Gasteiger charge is -2.56. The Morgan fingerprint density at radius 2 is 1.73 bits per heavy atom. The van der Waals surface area contributed by atoms with E-state index in [9.17, 15) is 4.39 Å². The molecule has 4 aliphatic rings. The topological polar surface area (TPSA) is 25.0 Å². The van der Waals surface area contributed by atoms with Crippen LogP contribution in [-0.2, 0) is 5.41 Å². The van der Waals surface area contributed by atoms with E-state index in [1.54, 1.807) is 24.3 Å². The highest BCUT2D eigenvalue weighted by molar-refractivity contribution is 5.58. The van der Waals surface area contributed by atoms with E-state index in [-0.39, 0.29) is 30.1 Å². The molecular formula is C40H54F3N5. The van der Waals surface area contributed by atoms with Gasteiger partial charge in [0.05, 0.1) is 18.8 Å². The van der Waals surface area contributed by atoms with Gasteiger partial charge in [0.1, 0.15) is 11.6 Å². The van der Waals surface area contributed by atoms with Crippen molar-refractivity contribution >= 4 is 11.8 Å². The number of nitrogens with one attached hydrogen (secondary N) is 1. The number of allylic oxidation sites excluding steroid dienone is 1. The molecule has 2 aromatic rings. The van der Waals surface area contributed by atoms with E-state index in [2.05, 4.69) is 34.3 Å². The molecular weight excluding hydrogens is 607 g/mol. The molecule has 5 nitrogen and oxygen atoms in total. The largest absolute Gasteiger partial charge is 0.367 e. The first-order valence-corrected chi connectivity index (χ1v) is 18.1. The van der Waals surface area contributed by atoms with Crippen LogP contribution in [-0.4, -0.2) is 93.0 Å². The highest BCUT2D eigenvalue weighted by Gasteiger charge is 2.54. The van der Waals surface area contributed by atoms with Gasteiger partial charge in [-0.3, -0.25) is 4.90 Å². The van der Waals surface area contributed by atoms with E-state index in [1.807, 2.05) is 41.1 Å². The summed E-state index contributed by atoms with van der Waals surface area (Å²) < 4.78 is 46.5. The van der Waals surface area contributed by atoms with Gasteiger partial charge in [0.25, 0.3) is 0 Å². The highest BCUT2D eigenvalue weighted by atomic mass is 19.1. The summed E-state index contributed by atoms with van der Waals surface area (Å²) >= 11 is 0. The van der Waals surface area contributed by atoms with Crippen LogP contribution in [0.25, 0.3) is 6.08 Å². The standard InChI is InChI=1S/C40H54F3N5/c1-4-31(2)46(25-19-44-3)22-8-10-32-15-16-38(37(42)26-32)47-28-39(43,29-47)48-23-17-34(18-24-48)40(30-45-20-9-21-45,33-11-5-6-12-33)35-13-7-14-36(41)27-35/h4,7-8,10,13-16,26-27,33-34,44H,1-2,5-6,9,11-12,17-25,28-30H2,3H3. The summed E-state index contributed by atoms with van der Waals surface area (Å²) in [5.74, 6) is -1.05. The van der Waals surface area contributed by atoms with Gasteiger partial charge in [-0.25, -0.2) is 13.2 Å². The van der Waals surface area contributed by atoms with Gasteiger partial charge in [-0.1, -0.05) is 56.4 Å². The summed E-state index contributed by atoms with van der Waals surface area (Å²) in [5, 5.41) is 3.14. The number of halogens is 3. The van der Waals surface area contributed by atoms with E-state index in [0.29, 0.717) is 37.2 Å². The van der Waals surface area contributed by atoms with Crippen molar-refractivity contribution in [2.24, 2.45) is 11.8 Å². The maximum atomic E-state index is 16.4. The van der Waals surface area contributed by atoms with E-state index in [0.717, 1.165) is 62.4 Å². The van der Waals surface area contributed by atoms with Gasteiger partial charge in [0.15, 0.2) is 5.79 Å². The first-order valence-electron chi connectivity index (χ1n) is 18.1. The van der Waals surface area contributed by atoms with E-state index >= 15 is 8.78 Å². The highest BCUT2D eigenvalue weighted by Crippen LogP contribution is 2.52. The van der Waals surface area contributed by atoms with Gasteiger partial charge in [0, 0.05) is 50.4 Å². The summed E-state index contributed by atoms with van der Waals surface area (Å²) in [6, 6.07) is 12.6. The Bertz CT molecular complexity index is 1440. The minimum atomic E-state index is -1.47. The quantitative estimate of drug-likeness (QED) is 0.161. The fourth-order valence-electron chi connectivity index (χ4n) is 8.91. The number of nitrogens with zero attached hydrogens (tertiary/aromatic N) is 4. The lowest BCUT2D eigenvalue weighted by atomic mass is 9.58. The molecule has 1 N–H and O–H groups in total. The van der Waals surface area contributed by atoms with Crippen LogP contribution in [0, 0.1) is 23.5 Å². The van der Waals surface area contributed by atoms with Crippen molar-refractivity contribution in [3.8, 4) is 0 Å². The van der Waals surface area contributed by atoms with Gasteiger partial charge >= 0.3 is 0 Å². The summed E-state index contributed by atoms with van der Waals surface area (Å²) in [7, 11) is 1.91. The second-order valence-corrected chi connectivity index (χ2v) is 14.6. The van der Waals surface area contributed by atoms with Crippen molar-refractivity contribution < 1.29 is 13.2 Å². The third-order valence-corrected chi connectivity index (χ3v) is 11.8. The van der Waals surface area contributed by atoms with E-state index < -0.39 is 5.79 Å². The van der Waals surface area contributed by atoms with Crippen molar-refractivity contribution in [1.82, 2.24) is 20.0 Å². The van der Waals surface area contributed by atoms with Crippen molar-refractivity contribution in [2.45, 2.75) is 56.2 Å². The van der Waals surface area contributed by atoms with Crippen LogP contribution in [0.15, 0.2) is 73.5 Å². The summed E-state index contributed by atoms with van der Waals surface area (Å²) in [5.41, 5.74) is 3.10. The molecule has 3 heterocycles. The molecule has 8 heteroatoms. The Hall–Kier alpha value is -3.07. The number of benzene rings is 2. The molecule has 1 unspecified atom stereocenters. The predicted octanol–water partition coefficient (Wildman–Crippen LogP) is 7.23. The van der Waals surface area contributed by atoms with Crippen LogP contribution in [0.5, 0.6) is 0 Å². The first-order chi connectivity index (χ1) is 23.3. The summed E-state index contributed by atoms with van der Waals surface area (Å²) in [6.07, 6.45) is 13.5. The van der Waals surface area contributed by atoms with Gasteiger partial charge in [-0.15, -0.1) is 0 Å². The number of alkyl halides is 1. The molecule has 0 bridgehead atoms. The molecule has 0 spiro atoms. The molecule has 0 radical (unpaired) electrons. The van der Waals surface area contributed by atoms with Crippen LogP contribution in [0.1, 0.15) is 56.1 Å². The van der Waals surface area contributed by atoms with Crippen LogP contribution < -0.4 is 10.2 Å². The molecule has 1 saturated carbocycles. The van der Waals surface area contributed by atoms with Crippen molar-refractivity contribution in [2.75, 3.05) is 77.4 Å². The molecule has 3 saturated heterocycles. The number of hydrogen-bond donors (Lipinski definition) is 1. The van der Waals surface area contributed by atoms with Crippen LogP contribution >= 0.6 is 0 Å². The number of likely N-dealkylation sites (tertiary alicyclic amines) is 2. The average Bonchev–Trinajstić information content (AvgIpc) is 3.60. The van der Waals surface area contributed by atoms with Crippen molar-refractivity contribution in [3.63, 3.8) is 0 Å². The predicted molar refractivity (Wildman–Crippen MR) is 192 cm³/mol. The van der Waals surface area contributed by atoms with Crippen LogP contribution in [0.4, 0.5) is 18.9 Å². The van der Waals surface area contributed by atoms with Crippen LogP contribution in [0.3, 0.4) is 0 Å². The van der Waals surface area contributed by atoms with E-state index in [4.69, 9.17) is 0 Å². The van der Waals surface area contributed by atoms with Crippen LogP contribution in [0.2, 0.25) is 0 Å². The smallest absolute Gasteiger partial charge is 0.199 e. The molecule has 1 aliphatic carbocycles. The van der Waals surface area contributed by atoms with Gasteiger partial charge in [-0.05, 0) is 106 Å². The molecule has 1 atom stereocenters. The summed E-state index contributed by atoms with van der Waals surface area (Å²) in [4.78, 5) is 8.49. The fraction of sp³-hybridized carbons (Fsp3) is 0.550. The molecule has 0 aromatic heterocycles. The summed E-state index contributed by atoms with van der Waals surface area (Å²) in [6.45, 7) is 15.0. The molecule has 4 fully saturated rings. The second-order valence-electron chi connectivity index (χ2n) is 14.6. The lowest BCUT2D eigenvalue weighted by Crippen LogP contribution is -2.69. The zero-order chi connectivity index (χ0) is 33.7. The zero-order valence-corrected chi connectivity index (χ0v) is 28.8. The zero-order valence-electron chi connectivity index (χ0n) is 28.8. The third kappa shape index (κ3) is 7.26. The molecule has 0 amide bonds. The molecule has 2 aromatic carbocycles. The number of likely N-dealkylation sites (N-methyl/N-ethyl adjacent to an activating group) is 1. The second kappa shape index (κ2) is 15.2. The average molecular weight is 662 g/mol.